The van der Waals surface area contributed by atoms with Crippen LogP contribution in [0.5, 0.6) is 0 Å². The number of rotatable bonds is 8. The Labute approximate surface area is 194 Å². The predicted molar refractivity (Wildman–Crippen MR) is 132 cm³/mol. The van der Waals surface area contributed by atoms with Crippen LogP contribution in [0.15, 0.2) is 55.1 Å². The Kier molecular flexibility index (Phi) is 7.08. The smallest absolute Gasteiger partial charge is 0.245 e. The lowest BCUT2D eigenvalue weighted by Crippen LogP contribution is -2.42. The number of piperidine rings is 1. The molecule has 1 N–H and O–H groups in total. The predicted octanol–water partition coefficient (Wildman–Crippen LogP) is 4.38. The number of amides is 1. The number of carbonyl (C=O) groups excluding carboxylic acids is 1. The topological polar surface area (TPSA) is 53.4 Å². The number of benzene rings is 2. The number of hydrogen-bond acceptors (Lipinski definition) is 4. The zero-order valence-electron chi connectivity index (χ0n) is 19.4. The van der Waals surface area contributed by atoms with Crippen LogP contribution < -0.4 is 5.32 Å². The lowest BCUT2D eigenvalue weighted by atomic mass is 10.0. The van der Waals surface area contributed by atoms with Gasteiger partial charge in [-0.25, -0.2) is 9.07 Å². The molecule has 1 aliphatic rings. The van der Waals surface area contributed by atoms with E-state index in [-0.39, 0.29) is 17.8 Å². The van der Waals surface area contributed by atoms with Gasteiger partial charge in [-0.3, -0.25) is 4.79 Å². The number of carbonyl (C=O) groups is 1. The third-order valence-corrected chi connectivity index (χ3v) is 6.22. The Hall–Kier alpha value is -3.19. The highest BCUT2D eigenvalue weighted by Gasteiger charge is 2.23. The quantitative estimate of drug-likeness (QED) is 0.519. The summed E-state index contributed by atoms with van der Waals surface area (Å²) in [6.45, 7) is 6.78. The average molecular weight is 450 g/mol. The fourth-order valence-corrected chi connectivity index (χ4v) is 4.41. The Morgan fingerprint density at radius 3 is 2.70 bits per heavy atom. The number of nitrogens with one attached hydrogen (secondary N) is 1. The van der Waals surface area contributed by atoms with Crippen molar-refractivity contribution >= 4 is 22.6 Å². The summed E-state index contributed by atoms with van der Waals surface area (Å²) >= 11 is 0. The summed E-state index contributed by atoms with van der Waals surface area (Å²) in [6.07, 6.45) is 4.10. The molecule has 4 rings (SSSR count). The van der Waals surface area contributed by atoms with Crippen molar-refractivity contribution < 1.29 is 9.18 Å². The maximum atomic E-state index is 14.3. The molecule has 3 aromatic rings. The number of fused-ring (bicyclic) bond motifs is 1. The van der Waals surface area contributed by atoms with Gasteiger partial charge < -0.3 is 15.1 Å². The van der Waals surface area contributed by atoms with Gasteiger partial charge in [-0.05, 0) is 69.7 Å². The largest absolute Gasteiger partial charge is 0.367 e. The average Bonchev–Trinajstić information content (AvgIpc) is 3.15. The highest BCUT2D eigenvalue weighted by molar-refractivity contribution is 5.93. The van der Waals surface area contributed by atoms with Gasteiger partial charge in [-0.1, -0.05) is 30.8 Å². The van der Waals surface area contributed by atoms with Crippen LogP contribution in [0.25, 0.3) is 22.0 Å². The van der Waals surface area contributed by atoms with Gasteiger partial charge in [0.15, 0.2) is 0 Å². The fourth-order valence-electron chi connectivity index (χ4n) is 4.41. The molecule has 1 aromatic heterocycles. The van der Waals surface area contributed by atoms with Gasteiger partial charge >= 0.3 is 0 Å². The summed E-state index contributed by atoms with van der Waals surface area (Å²) in [4.78, 5) is 15.9. The van der Waals surface area contributed by atoms with Crippen molar-refractivity contribution in [1.82, 2.24) is 19.6 Å². The van der Waals surface area contributed by atoms with Crippen molar-refractivity contribution in [3.8, 4) is 11.1 Å². The van der Waals surface area contributed by atoms with Gasteiger partial charge in [-0.2, -0.15) is 5.10 Å². The molecule has 0 bridgehead atoms. The number of nitrogens with zero attached hydrogens (tertiary/aromatic N) is 4. The van der Waals surface area contributed by atoms with Crippen LogP contribution in [0.4, 0.5) is 10.2 Å². The first-order valence-electron chi connectivity index (χ1n) is 11.5. The molecule has 1 fully saturated rings. The summed E-state index contributed by atoms with van der Waals surface area (Å²) in [7, 11) is 4.13. The van der Waals surface area contributed by atoms with Crippen molar-refractivity contribution in [2.45, 2.75) is 31.8 Å². The Morgan fingerprint density at radius 1 is 1.24 bits per heavy atom. The van der Waals surface area contributed by atoms with Gasteiger partial charge in [0.1, 0.15) is 11.6 Å². The van der Waals surface area contributed by atoms with E-state index in [0.29, 0.717) is 18.7 Å². The van der Waals surface area contributed by atoms with Crippen LogP contribution in [0.3, 0.4) is 0 Å². The third kappa shape index (κ3) is 5.25. The first-order chi connectivity index (χ1) is 16.0. The van der Waals surface area contributed by atoms with Crippen LogP contribution in [-0.4, -0.2) is 65.3 Å². The zero-order valence-corrected chi connectivity index (χ0v) is 19.4. The van der Waals surface area contributed by atoms with E-state index >= 15 is 0 Å². The molecule has 33 heavy (non-hydrogen) atoms. The molecular weight excluding hydrogens is 417 g/mol. The van der Waals surface area contributed by atoms with E-state index in [1.54, 1.807) is 12.1 Å². The van der Waals surface area contributed by atoms with Crippen molar-refractivity contribution in [2.75, 3.05) is 39.0 Å². The van der Waals surface area contributed by atoms with E-state index < -0.39 is 0 Å². The maximum Gasteiger partial charge on any atom is 0.245 e. The first-order valence-corrected chi connectivity index (χ1v) is 11.5. The first kappa shape index (κ1) is 23.0. The molecule has 6 nitrogen and oxygen atoms in total. The van der Waals surface area contributed by atoms with E-state index in [2.05, 4.69) is 30.9 Å². The van der Waals surface area contributed by atoms with E-state index in [1.807, 2.05) is 33.8 Å². The highest BCUT2D eigenvalue weighted by atomic mass is 19.1. The molecular formula is C26H32FN5O. The van der Waals surface area contributed by atoms with Gasteiger partial charge in [0.05, 0.1) is 5.52 Å². The maximum absolute atomic E-state index is 14.3. The number of aromatic nitrogens is 2. The number of aryl methyl sites for hydroxylation is 1. The summed E-state index contributed by atoms with van der Waals surface area (Å²) in [5.74, 6) is 0.757. The summed E-state index contributed by atoms with van der Waals surface area (Å²) < 4.78 is 16.4. The summed E-state index contributed by atoms with van der Waals surface area (Å²) in [6, 6.07) is 13.0. The van der Waals surface area contributed by atoms with Crippen molar-refractivity contribution in [2.24, 2.45) is 0 Å². The molecule has 7 heteroatoms. The molecule has 174 valence electrons. The lowest BCUT2D eigenvalue weighted by Gasteiger charge is -2.32. The molecule has 2 aromatic carbocycles. The molecule has 0 unspecified atom stereocenters. The summed E-state index contributed by atoms with van der Waals surface area (Å²) in [5, 5.41) is 9.62. The second-order valence-corrected chi connectivity index (χ2v) is 8.89. The van der Waals surface area contributed by atoms with Crippen LogP contribution in [0.2, 0.25) is 0 Å². The molecule has 0 atom stereocenters. The SMILES string of the molecule is C=CC(=O)N1CCC(Nc2c3ccc(-c4ccccc4F)cc3nn2CCCN(C)C)CC1. The van der Waals surface area contributed by atoms with E-state index in [9.17, 15) is 9.18 Å². The van der Waals surface area contributed by atoms with Gasteiger partial charge in [0.2, 0.25) is 5.91 Å². The van der Waals surface area contributed by atoms with Crippen LogP contribution in [0, 0.1) is 5.82 Å². The minimum atomic E-state index is -0.235. The second kappa shape index (κ2) is 10.2. The molecule has 2 heterocycles. The monoisotopic (exact) mass is 449 g/mol. The molecule has 1 aliphatic heterocycles. The fraction of sp³-hybridized carbons (Fsp3) is 0.385. The lowest BCUT2D eigenvalue weighted by molar-refractivity contribution is -0.126. The molecule has 0 saturated carbocycles. The molecule has 0 spiro atoms. The number of anilines is 1. The Morgan fingerprint density at radius 2 is 2.00 bits per heavy atom. The molecule has 1 amide bonds. The Bertz CT molecular complexity index is 1130. The minimum absolute atomic E-state index is 0.00620. The van der Waals surface area contributed by atoms with Crippen LogP contribution in [0.1, 0.15) is 19.3 Å². The van der Waals surface area contributed by atoms with Crippen molar-refractivity contribution in [3.63, 3.8) is 0 Å². The zero-order chi connectivity index (χ0) is 23.4. The molecule has 1 saturated heterocycles. The van der Waals surface area contributed by atoms with Crippen LogP contribution in [-0.2, 0) is 11.3 Å². The van der Waals surface area contributed by atoms with Gasteiger partial charge in [-0.15, -0.1) is 0 Å². The molecule has 0 radical (unpaired) electrons. The van der Waals surface area contributed by atoms with Crippen molar-refractivity contribution in [3.05, 3.63) is 60.9 Å². The number of hydrogen-bond donors (Lipinski definition) is 1. The third-order valence-electron chi connectivity index (χ3n) is 6.22. The normalized spacial score (nSPS) is 14.7. The number of halogens is 1. The minimum Gasteiger partial charge on any atom is -0.367 e. The number of likely N-dealkylation sites (tertiary alicyclic amines) is 1. The summed E-state index contributed by atoms with van der Waals surface area (Å²) in [5.41, 5.74) is 2.25. The van der Waals surface area contributed by atoms with E-state index in [0.717, 1.165) is 54.6 Å². The molecule has 0 aliphatic carbocycles. The van der Waals surface area contributed by atoms with E-state index in [4.69, 9.17) is 5.10 Å². The van der Waals surface area contributed by atoms with Gasteiger partial charge in [0.25, 0.3) is 0 Å². The van der Waals surface area contributed by atoms with Gasteiger partial charge in [0, 0.05) is 36.6 Å². The standard InChI is InChI=1S/C26H32FN5O/c1-4-25(33)31-16-12-20(13-17-31)28-26-22-11-10-19(21-8-5-6-9-23(21)27)18-24(22)29-32(26)15-7-14-30(2)3/h4-6,8-11,18,20,28H,1,7,12-17H2,2-3H3. The highest BCUT2D eigenvalue weighted by Crippen LogP contribution is 2.31. The second-order valence-electron chi connectivity index (χ2n) is 8.89. The van der Waals surface area contributed by atoms with Crippen LogP contribution >= 0.6 is 0 Å². The van der Waals surface area contributed by atoms with E-state index in [1.165, 1.54) is 12.1 Å². The van der Waals surface area contributed by atoms with Crippen molar-refractivity contribution in [1.29, 1.82) is 0 Å². The Balaban J connectivity index is 1.60.